The Labute approximate surface area is 195 Å². The van der Waals surface area contributed by atoms with E-state index >= 15 is 0 Å². The summed E-state index contributed by atoms with van der Waals surface area (Å²) in [5.41, 5.74) is 0. The summed E-state index contributed by atoms with van der Waals surface area (Å²) in [5.74, 6) is -2.04. The molecular weight excluding hydrogens is 434 g/mol. The van der Waals surface area contributed by atoms with Crippen molar-refractivity contribution in [3.8, 4) is 0 Å². The van der Waals surface area contributed by atoms with E-state index in [0.29, 0.717) is 19.3 Å². The molecule has 0 saturated carbocycles. The number of aliphatic hydroxyl groups is 1. The van der Waals surface area contributed by atoms with E-state index in [9.17, 15) is 24.3 Å². The molecule has 1 amide bonds. The summed E-state index contributed by atoms with van der Waals surface area (Å²) in [7, 11) is 0. The Balaban J connectivity index is 3.13. The van der Waals surface area contributed by atoms with E-state index in [1.807, 2.05) is 20.8 Å². The molecule has 1 fully saturated rings. The lowest BCUT2D eigenvalue weighted by atomic mass is 9.96. The van der Waals surface area contributed by atoms with Crippen molar-refractivity contribution in [2.24, 2.45) is 0 Å². The van der Waals surface area contributed by atoms with Gasteiger partial charge in [-0.15, -0.1) is 0 Å². The van der Waals surface area contributed by atoms with Crippen LogP contribution in [0.1, 0.15) is 85.5 Å². The van der Waals surface area contributed by atoms with Crippen molar-refractivity contribution in [2.45, 2.75) is 116 Å². The van der Waals surface area contributed by atoms with Gasteiger partial charge in [-0.2, -0.15) is 0 Å². The SMILES string of the molecule is CCCCC(=O)OC[C@H]1O[C@H](O)[C@H](NC(C)=O)[C@@H](OC(=O)CCCC)[C@@H]1OC(=O)CCCC. The number of ether oxygens (including phenoxy) is 4. The zero-order chi connectivity index (χ0) is 24.8. The number of hydrogen-bond acceptors (Lipinski definition) is 9. The first kappa shape index (κ1) is 28.8. The Hall–Kier alpha value is -2.20. The number of unbranched alkanes of at least 4 members (excludes halogenated alkanes) is 3. The number of carbonyl (C=O) groups is 4. The van der Waals surface area contributed by atoms with E-state index in [2.05, 4.69) is 5.32 Å². The number of aliphatic hydroxyl groups excluding tert-OH is 1. The Kier molecular flexibility index (Phi) is 13.6. The first-order chi connectivity index (χ1) is 15.7. The second kappa shape index (κ2) is 15.6. The number of rotatable bonds is 14. The molecule has 190 valence electrons. The molecule has 0 radical (unpaired) electrons. The van der Waals surface area contributed by atoms with Crippen LogP contribution >= 0.6 is 0 Å². The van der Waals surface area contributed by atoms with Gasteiger partial charge in [-0.3, -0.25) is 19.2 Å². The van der Waals surface area contributed by atoms with Gasteiger partial charge in [0.2, 0.25) is 5.91 Å². The smallest absolute Gasteiger partial charge is 0.306 e. The van der Waals surface area contributed by atoms with Crippen LogP contribution in [0.4, 0.5) is 0 Å². The maximum Gasteiger partial charge on any atom is 0.306 e. The molecule has 10 nitrogen and oxygen atoms in total. The van der Waals surface area contributed by atoms with Gasteiger partial charge in [0.05, 0.1) is 0 Å². The third kappa shape index (κ3) is 10.5. The molecule has 5 atom stereocenters. The molecule has 1 heterocycles. The summed E-state index contributed by atoms with van der Waals surface area (Å²) < 4.78 is 22.0. The fourth-order valence-electron chi connectivity index (χ4n) is 3.36. The third-order valence-corrected chi connectivity index (χ3v) is 5.18. The predicted octanol–water partition coefficient (Wildman–Crippen LogP) is 2.15. The first-order valence-corrected chi connectivity index (χ1v) is 11.9. The number of nitrogens with one attached hydrogen (secondary N) is 1. The number of amides is 1. The average Bonchev–Trinajstić information content (AvgIpc) is 2.77. The van der Waals surface area contributed by atoms with Gasteiger partial charge in [0.1, 0.15) is 18.8 Å². The van der Waals surface area contributed by atoms with E-state index in [1.54, 1.807) is 0 Å². The van der Waals surface area contributed by atoms with Crippen LogP contribution in [0.25, 0.3) is 0 Å². The van der Waals surface area contributed by atoms with Crippen molar-refractivity contribution >= 4 is 23.8 Å². The summed E-state index contributed by atoms with van der Waals surface area (Å²) in [6, 6.07) is -1.16. The second-order valence-corrected chi connectivity index (χ2v) is 8.19. The van der Waals surface area contributed by atoms with Gasteiger partial charge in [0, 0.05) is 26.2 Å². The van der Waals surface area contributed by atoms with E-state index in [-0.39, 0.29) is 25.9 Å². The van der Waals surface area contributed by atoms with Gasteiger partial charge < -0.3 is 29.4 Å². The normalized spacial score (nSPS) is 24.6. The first-order valence-electron chi connectivity index (χ1n) is 11.9. The minimum atomic E-state index is -1.57. The lowest BCUT2D eigenvalue weighted by molar-refractivity contribution is -0.265. The highest BCUT2D eigenvalue weighted by molar-refractivity contribution is 5.74. The van der Waals surface area contributed by atoms with Crippen molar-refractivity contribution in [3.05, 3.63) is 0 Å². The average molecular weight is 474 g/mol. The number of esters is 3. The summed E-state index contributed by atoms with van der Waals surface area (Å²) >= 11 is 0. The lowest BCUT2D eigenvalue weighted by Crippen LogP contribution is -2.66. The minimum absolute atomic E-state index is 0.129. The van der Waals surface area contributed by atoms with Crippen LogP contribution < -0.4 is 5.32 Å². The van der Waals surface area contributed by atoms with E-state index in [4.69, 9.17) is 18.9 Å². The maximum atomic E-state index is 12.4. The molecule has 0 unspecified atom stereocenters. The standard InChI is InChI=1S/C23H39NO9/c1-5-8-11-17(26)30-14-16-21(32-18(27)12-9-6-2)22(33-19(28)13-10-7-3)20(23(29)31-16)24-15(4)25/h16,20-23,29H,5-14H2,1-4H3,(H,24,25)/t16-,20-,21-,22-,23+/m1/s1. The van der Waals surface area contributed by atoms with Gasteiger partial charge in [0.25, 0.3) is 0 Å². The van der Waals surface area contributed by atoms with Crippen LogP contribution in [-0.4, -0.2) is 66.2 Å². The van der Waals surface area contributed by atoms with Crippen molar-refractivity contribution < 1.29 is 43.2 Å². The molecule has 1 aliphatic heterocycles. The summed E-state index contributed by atoms with van der Waals surface area (Å²) in [6.07, 6.45) is -0.343. The molecule has 0 aliphatic carbocycles. The van der Waals surface area contributed by atoms with E-state index in [0.717, 1.165) is 19.3 Å². The van der Waals surface area contributed by atoms with Gasteiger partial charge >= 0.3 is 17.9 Å². The second-order valence-electron chi connectivity index (χ2n) is 8.19. The third-order valence-electron chi connectivity index (χ3n) is 5.18. The van der Waals surface area contributed by atoms with Crippen molar-refractivity contribution in [1.29, 1.82) is 0 Å². The van der Waals surface area contributed by atoms with Crippen LogP contribution in [0.15, 0.2) is 0 Å². The molecule has 1 rings (SSSR count). The van der Waals surface area contributed by atoms with Crippen LogP contribution in [-0.2, 0) is 38.1 Å². The Bertz CT molecular complexity index is 639. The largest absolute Gasteiger partial charge is 0.463 e. The number of carbonyl (C=O) groups excluding carboxylic acids is 4. The zero-order valence-corrected chi connectivity index (χ0v) is 20.2. The molecule has 0 bridgehead atoms. The zero-order valence-electron chi connectivity index (χ0n) is 20.2. The Morgan fingerprint density at radius 3 is 1.79 bits per heavy atom. The molecule has 0 aromatic heterocycles. The van der Waals surface area contributed by atoms with E-state index in [1.165, 1.54) is 6.92 Å². The van der Waals surface area contributed by atoms with Crippen molar-refractivity contribution in [3.63, 3.8) is 0 Å². The predicted molar refractivity (Wildman–Crippen MR) is 118 cm³/mol. The Morgan fingerprint density at radius 2 is 1.30 bits per heavy atom. The van der Waals surface area contributed by atoms with Crippen molar-refractivity contribution in [2.75, 3.05) is 6.61 Å². The fourth-order valence-corrected chi connectivity index (χ4v) is 3.36. The molecule has 0 spiro atoms. The number of hydrogen-bond donors (Lipinski definition) is 2. The molecule has 0 aromatic rings. The van der Waals surface area contributed by atoms with Crippen LogP contribution in [0, 0.1) is 0 Å². The summed E-state index contributed by atoms with van der Waals surface area (Å²) in [4.78, 5) is 48.6. The topological polar surface area (TPSA) is 137 Å². The summed E-state index contributed by atoms with van der Waals surface area (Å²) in [5, 5.41) is 13.1. The van der Waals surface area contributed by atoms with Gasteiger partial charge in [0.15, 0.2) is 18.5 Å². The highest BCUT2D eigenvalue weighted by Crippen LogP contribution is 2.27. The fraction of sp³-hybridized carbons (Fsp3) is 0.826. The van der Waals surface area contributed by atoms with Gasteiger partial charge in [-0.05, 0) is 19.3 Å². The van der Waals surface area contributed by atoms with Crippen LogP contribution in [0.5, 0.6) is 0 Å². The lowest BCUT2D eigenvalue weighted by Gasteiger charge is -2.43. The highest BCUT2D eigenvalue weighted by atomic mass is 16.7. The minimum Gasteiger partial charge on any atom is -0.463 e. The molecular formula is C23H39NO9. The molecule has 1 saturated heterocycles. The van der Waals surface area contributed by atoms with Crippen LogP contribution in [0.3, 0.4) is 0 Å². The monoisotopic (exact) mass is 473 g/mol. The molecule has 0 aromatic carbocycles. The van der Waals surface area contributed by atoms with E-state index < -0.39 is 54.5 Å². The molecule has 1 aliphatic rings. The molecule has 10 heteroatoms. The maximum absolute atomic E-state index is 12.4. The summed E-state index contributed by atoms with van der Waals surface area (Å²) in [6.45, 7) is 6.73. The quantitative estimate of drug-likeness (QED) is 0.287. The van der Waals surface area contributed by atoms with Crippen molar-refractivity contribution in [1.82, 2.24) is 5.32 Å². The molecule has 2 N–H and O–H groups in total. The highest BCUT2D eigenvalue weighted by Gasteiger charge is 2.50. The van der Waals surface area contributed by atoms with Gasteiger partial charge in [-0.25, -0.2) is 0 Å². The molecule has 33 heavy (non-hydrogen) atoms. The Morgan fingerprint density at radius 1 is 0.818 bits per heavy atom. The van der Waals surface area contributed by atoms with Crippen LogP contribution in [0.2, 0.25) is 0 Å². The van der Waals surface area contributed by atoms with Gasteiger partial charge in [-0.1, -0.05) is 40.0 Å².